The molecule has 0 amide bonds. The molecule has 0 saturated heterocycles. The topological polar surface area (TPSA) is 50.9 Å². The molecule has 3 aromatic rings. The predicted octanol–water partition coefficient (Wildman–Crippen LogP) is 2.05. The molecule has 0 spiro atoms. The molecule has 0 aliphatic heterocycles. The summed E-state index contributed by atoms with van der Waals surface area (Å²) in [5.41, 5.74) is 2.32. The lowest BCUT2D eigenvalue weighted by Crippen LogP contribution is -2.02. The fourth-order valence-electron chi connectivity index (χ4n) is 1.99. The van der Waals surface area contributed by atoms with Crippen molar-refractivity contribution in [2.45, 2.75) is 6.10 Å². The first kappa shape index (κ1) is 10.9. The van der Waals surface area contributed by atoms with Crippen LogP contribution in [0.15, 0.2) is 48.8 Å². The summed E-state index contributed by atoms with van der Waals surface area (Å²) in [6.45, 7) is 0. The first-order valence-corrected chi connectivity index (χ1v) is 5.76. The highest BCUT2D eigenvalue weighted by atomic mass is 16.3. The molecule has 18 heavy (non-hydrogen) atoms. The van der Waals surface area contributed by atoms with Crippen LogP contribution in [-0.4, -0.2) is 19.9 Å². The number of nitrogens with zero attached hydrogens (tertiary/aromatic N) is 3. The molecule has 1 N–H and O–H groups in total. The number of aliphatic hydroxyl groups excluding tert-OH is 1. The standard InChI is InChI=1S/C14H13N3O/c1-17-7-6-13(16-17)14(18)11-8-10-4-2-3-5-12(10)15-9-11/h2-9,14,18H,1H3. The molecule has 0 saturated carbocycles. The number of pyridine rings is 1. The molecule has 0 fully saturated rings. The van der Waals surface area contributed by atoms with Crippen LogP contribution >= 0.6 is 0 Å². The zero-order valence-corrected chi connectivity index (χ0v) is 9.99. The molecular weight excluding hydrogens is 226 g/mol. The fraction of sp³-hybridized carbons (Fsp3) is 0.143. The Morgan fingerprint density at radius 3 is 2.83 bits per heavy atom. The smallest absolute Gasteiger partial charge is 0.124 e. The van der Waals surface area contributed by atoms with Crippen molar-refractivity contribution in [1.82, 2.24) is 14.8 Å². The molecule has 4 nitrogen and oxygen atoms in total. The van der Waals surface area contributed by atoms with Crippen LogP contribution in [-0.2, 0) is 7.05 Å². The summed E-state index contributed by atoms with van der Waals surface area (Å²) in [5.74, 6) is 0. The second kappa shape index (κ2) is 4.23. The van der Waals surface area contributed by atoms with Crippen LogP contribution in [0.4, 0.5) is 0 Å². The van der Waals surface area contributed by atoms with Gasteiger partial charge in [-0.25, -0.2) is 0 Å². The van der Waals surface area contributed by atoms with Gasteiger partial charge in [-0.1, -0.05) is 18.2 Å². The monoisotopic (exact) mass is 239 g/mol. The number of hydrogen-bond donors (Lipinski definition) is 1. The molecule has 0 bridgehead atoms. The van der Waals surface area contributed by atoms with E-state index >= 15 is 0 Å². The van der Waals surface area contributed by atoms with E-state index in [0.717, 1.165) is 16.5 Å². The van der Waals surface area contributed by atoms with Crippen molar-refractivity contribution in [3.63, 3.8) is 0 Å². The van der Waals surface area contributed by atoms with Gasteiger partial charge in [0.25, 0.3) is 0 Å². The van der Waals surface area contributed by atoms with Gasteiger partial charge in [-0.3, -0.25) is 9.67 Å². The maximum atomic E-state index is 10.2. The molecule has 1 unspecified atom stereocenters. The van der Waals surface area contributed by atoms with Gasteiger partial charge in [0.05, 0.1) is 11.2 Å². The number of aromatic nitrogens is 3. The van der Waals surface area contributed by atoms with E-state index in [4.69, 9.17) is 0 Å². The van der Waals surface area contributed by atoms with Crippen LogP contribution < -0.4 is 0 Å². The lowest BCUT2D eigenvalue weighted by atomic mass is 10.1. The molecule has 1 aromatic carbocycles. The molecule has 0 aliphatic carbocycles. The lowest BCUT2D eigenvalue weighted by molar-refractivity contribution is 0.214. The first-order chi connectivity index (χ1) is 8.74. The Kier molecular flexibility index (Phi) is 2.57. The van der Waals surface area contributed by atoms with Gasteiger partial charge >= 0.3 is 0 Å². The third kappa shape index (κ3) is 1.87. The van der Waals surface area contributed by atoms with E-state index in [1.807, 2.05) is 43.6 Å². The molecule has 3 rings (SSSR count). The summed E-state index contributed by atoms with van der Waals surface area (Å²) in [7, 11) is 1.83. The second-order valence-electron chi connectivity index (χ2n) is 4.28. The van der Waals surface area contributed by atoms with Crippen molar-refractivity contribution in [2.75, 3.05) is 0 Å². The van der Waals surface area contributed by atoms with Crippen LogP contribution in [0.3, 0.4) is 0 Å². The Bertz CT molecular complexity index is 690. The van der Waals surface area contributed by atoms with Crippen LogP contribution in [0.5, 0.6) is 0 Å². The van der Waals surface area contributed by atoms with E-state index in [1.54, 1.807) is 16.9 Å². The quantitative estimate of drug-likeness (QED) is 0.744. The van der Waals surface area contributed by atoms with Crippen molar-refractivity contribution in [3.8, 4) is 0 Å². The van der Waals surface area contributed by atoms with E-state index in [1.165, 1.54) is 0 Å². The molecule has 0 radical (unpaired) electrons. The van der Waals surface area contributed by atoms with Crippen molar-refractivity contribution >= 4 is 10.9 Å². The van der Waals surface area contributed by atoms with Crippen LogP contribution in [0, 0.1) is 0 Å². The lowest BCUT2D eigenvalue weighted by Gasteiger charge is -2.08. The number of para-hydroxylation sites is 1. The summed E-state index contributed by atoms with van der Waals surface area (Å²) in [6.07, 6.45) is 2.78. The van der Waals surface area contributed by atoms with Crippen LogP contribution in [0.2, 0.25) is 0 Å². The minimum absolute atomic E-state index is 0.634. The summed E-state index contributed by atoms with van der Waals surface area (Å²) in [5, 5.41) is 15.5. The third-order valence-corrected chi connectivity index (χ3v) is 2.94. The minimum Gasteiger partial charge on any atom is -0.382 e. The molecule has 90 valence electrons. The van der Waals surface area contributed by atoms with E-state index < -0.39 is 6.10 Å². The zero-order valence-electron chi connectivity index (χ0n) is 9.99. The Labute approximate surface area is 105 Å². The highest BCUT2D eigenvalue weighted by Crippen LogP contribution is 2.22. The first-order valence-electron chi connectivity index (χ1n) is 5.76. The summed E-state index contributed by atoms with van der Waals surface area (Å²) >= 11 is 0. The van der Waals surface area contributed by atoms with Crippen LogP contribution in [0.1, 0.15) is 17.4 Å². The minimum atomic E-state index is -0.733. The van der Waals surface area contributed by atoms with Gasteiger partial charge in [-0.15, -0.1) is 0 Å². The van der Waals surface area contributed by atoms with Gasteiger partial charge in [0.15, 0.2) is 0 Å². The van der Waals surface area contributed by atoms with Gasteiger partial charge in [0.2, 0.25) is 0 Å². The van der Waals surface area contributed by atoms with Crippen molar-refractivity contribution in [1.29, 1.82) is 0 Å². The maximum absolute atomic E-state index is 10.2. The van der Waals surface area contributed by atoms with Crippen molar-refractivity contribution < 1.29 is 5.11 Å². The Hall–Kier alpha value is -2.20. The van der Waals surface area contributed by atoms with Gasteiger partial charge in [0, 0.05) is 30.4 Å². The van der Waals surface area contributed by atoms with E-state index in [2.05, 4.69) is 10.1 Å². The summed E-state index contributed by atoms with van der Waals surface area (Å²) < 4.78 is 1.67. The van der Waals surface area contributed by atoms with Crippen molar-refractivity contribution in [3.05, 3.63) is 60.0 Å². The maximum Gasteiger partial charge on any atom is 0.124 e. The van der Waals surface area contributed by atoms with E-state index in [0.29, 0.717) is 5.69 Å². The molecule has 1 atom stereocenters. The molecule has 4 heteroatoms. The number of fused-ring (bicyclic) bond motifs is 1. The number of benzene rings is 1. The normalized spacial score (nSPS) is 12.8. The number of aliphatic hydroxyl groups is 1. The van der Waals surface area contributed by atoms with Gasteiger partial charge < -0.3 is 5.11 Å². The van der Waals surface area contributed by atoms with Gasteiger partial charge in [-0.2, -0.15) is 5.10 Å². The van der Waals surface area contributed by atoms with Crippen LogP contribution in [0.25, 0.3) is 10.9 Å². The van der Waals surface area contributed by atoms with Gasteiger partial charge in [0.1, 0.15) is 6.10 Å². The Morgan fingerprint density at radius 1 is 1.22 bits per heavy atom. The largest absolute Gasteiger partial charge is 0.382 e. The SMILES string of the molecule is Cn1ccc(C(O)c2cnc3ccccc3c2)n1. The molecule has 2 heterocycles. The second-order valence-corrected chi connectivity index (χ2v) is 4.28. The number of hydrogen-bond acceptors (Lipinski definition) is 3. The summed E-state index contributed by atoms with van der Waals surface area (Å²) in [6, 6.07) is 11.6. The third-order valence-electron chi connectivity index (χ3n) is 2.94. The van der Waals surface area contributed by atoms with Gasteiger partial charge in [-0.05, 0) is 18.2 Å². The predicted molar refractivity (Wildman–Crippen MR) is 69.0 cm³/mol. The number of rotatable bonds is 2. The Morgan fingerprint density at radius 2 is 2.06 bits per heavy atom. The van der Waals surface area contributed by atoms with E-state index in [9.17, 15) is 5.11 Å². The molecular formula is C14H13N3O. The summed E-state index contributed by atoms with van der Waals surface area (Å²) in [4.78, 5) is 4.34. The average molecular weight is 239 g/mol. The number of aryl methyl sites for hydroxylation is 1. The van der Waals surface area contributed by atoms with Crippen molar-refractivity contribution in [2.24, 2.45) is 7.05 Å². The fourth-order valence-corrected chi connectivity index (χ4v) is 1.99. The Balaban J connectivity index is 2.03. The highest BCUT2D eigenvalue weighted by molar-refractivity contribution is 5.78. The average Bonchev–Trinajstić information content (AvgIpc) is 2.84. The highest BCUT2D eigenvalue weighted by Gasteiger charge is 2.13. The zero-order chi connectivity index (χ0) is 12.5. The molecule has 0 aliphatic rings. The molecule has 2 aromatic heterocycles. The van der Waals surface area contributed by atoms with E-state index in [-0.39, 0.29) is 0 Å².